The maximum Gasteiger partial charge on any atom is 0.169 e. The standard InChI is InChI=1S/C15H21NO3/c1-3-17-15(18-4-2)10-16-9-12-11-19-14-8-6-5-7-13(12)14/h5-8,11,15-16H,3-4,9-10H2,1-2H3. The highest BCUT2D eigenvalue weighted by atomic mass is 16.7. The summed E-state index contributed by atoms with van der Waals surface area (Å²) in [6, 6.07) is 8.04. The van der Waals surface area contributed by atoms with E-state index in [2.05, 4.69) is 11.4 Å². The molecule has 104 valence electrons. The van der Waals surface area contributed by atoms with Crippen molar-refractivity contribution in [2.24, 2.45) is 0 Å². The van der Waals surface area contributed by atoms with Crippen LogP contribution in [0, 0.1) is 0 Å². The molecule has 0 saturated carbocycles. The molecule has 1 N–H and O–H groups in total. The zero-order chi connectivity index (χ0) is 13.5. The highest BCUT2D eigenvalue weighted by Crippen LogP contribution is 2.20. The van der Waals surface area contributed by atoms with Crippen LogP contribution in [-0.4, -0.2) is 26.0 Å². The second kappa shape index (κ2) is 7.28. The van der Waals surface area contributed by atoms with Gasteiger partial charge in [-0.15, -0.1) is 0 Å². The molecule has 0 aliphatic carbocycles. The van der Waals surface area contributed by atoms with Gasteiger partial charge in [-0.25, -0.2) is 0 Å². The Labute approximate surface area is 113 Å². The van der Waals surface area contributed by atoms with E-state index in [1.165, 1.54) is 0 Å². The van der Waals surface area contributed by atoms with Crippen LogP contribution in [0.5, 0.6) is 0 Å². The topological polar surface area (TPSA) is 43.6 Å². The average Bonchev–Trinajstić information content (AvgIpc) is 2.83. The predicted octanol–water partition coefficient (Wildman–Crippen LogP) is 2.92. The molecule has 0 aliphatic heterocycles. The van der Waals surface area contributed by atoms with Gasteiger partial charge in [0.25, 0.3) is 0 Å². The van der Waals surface area contributed by atoms with Gasteiger partial charge in [0.15, 0.2) is 6.29 Å². The van der Waals surface area contributed by atoms with Crippen molar-refractivity contribution < 1.29 is 13.9 Å². The van der Waals surface area contributed by atoms with Crippen LogP contribution in [-0.2, 0) is 16.0 Å². The molecule has 4 nitrogen and oxygen atoms in total. The first kappa shape index (κ1) is 14.1. The van der Waals surface area contributed by atoms with Crippen molar-refractivity contribution in [1.29, 1.82) is 0 Å². The smallest absolute Gasteiger partial charge is 0.169 e. The van der Waals surface area contributed by atoms with Crippen LogP contribution in [0.15, 0.2) is 34.9 Å². The Morgan fingerprint density at radius 2 is 1.89 bits per heavy atom. The van der Waals surface area contributed by atoms with Gasteiger partial charge in [-0.2, -0.15) is 0 Å². The number of hydrogen-bond acceptors (Lipinski definition) is 4. The molecule has 1 aromatic carbocycles. The van der Waals surface area contributed by atoms with E-state index < -0.39 is 0 Å². The second-order valence-electron chi connectivity index (χ2n) is 4.23. The average molecular weight is 263 g/mol. The molecule has 0 spiro atoms. The molecular formula is C15H21NO3. The van der Waals surface area contributed by atoms with Gasteiger partial charge in [-0.05, 0) is 19.9 Å². The van der Waals surface area contributed by atoms with Gasteiger partial charge in [0.1, 0.15) is 5.58 Å². The van der Waals surface area contributed by atoms with E-state index >= 15 is 0 Å². The minimum Gasteiger partial charge on any atom is -0.464 e. The Bertz CT molecular complexity index is 489. The lowest BCUT2D eigenvalue weighted by molar-refractivity contribution is -0.133. The number of benzene rings is 1. The Hall–Kier alpha value is -1.36. The van der Waals surface area contributed by atoms with Crippen molar-refractivity contribution >= 4 is 11.0 Å². The number of furan rings is 1. The molecule has 4 heteroatoms. The lowest BCUT2D eigenvalue weighted by atomic mass is 10.2. The van der Waals surface area contributed by atoms with Crippen LogP contribution < -0.4 is 5.32 Å². The molecule has 2 rings (SSSR count). The van der Waals surface area contributed by atoms with E-state index in [1.807, 2.05) is 32.0 Å². The maximum atomic E-state index is 5.50. The summed E-state index contributed by atoms with van der Waals surface area (Å²) in [5.74, 6) is 0. The third kappa shape index (κ3) is 3.80. The molecule has 19 heavy (non-hydrogen) atoms. The number of rotatable bonds is 8. The molecule has 0 atom stereocenters. The Kier molecular flexibility index (Phi) is 5.39. The summed E-state index contributed by atoms with van der Waals surface area (Å²) in [5.41, 5.74) is 2.08. The van der Waals surface area contributed by atoms with Crippen LogP contribution >= 0.6 is 0 Å². The first-order chi connectivity index (χ1) is 9.35. The predicted molar refractivity (Wildman–Crippen MR) is 75.0 cm³/mol. The van der Waals surface area contributed by atoms with Crippen LogP contribution in [0.4, 0.5) is 0 Å². The van der Waals surface area contributed by atoms with Crippen LogP contribution in [0.3, 0.4) is 0 Å². The molecule has 0 amide bonds. The molecule has 2 aromatic rings. The van der Waals surface area contributed by atoms with Gasteiger partial charge >= 0.3 is 0 Å². The molecule has 0 aliphatic rings. The largest absolute Gasteiger partial charge is 0.464 e. The van der Waals surface area contributed by atoms with Crippen LogP contribution in [0.1, 0.15) is 19.4 Å². The number of fused-ring (bicyclic) bond motifs is 1. The van der Waals surface area contributed by atoms with Crippen molar-refractivity contribution in [2.45, 2.75) is 26.7 Å². The molecule has 1 aromatic heterocycles. The van der Waals surface area contributed by atoms with Gasteiger partial charge in [0.2, 0.25) is 0 Å². The zero-order valence-corrected chi connectivity index (χ0v) is 11.5. The molecule has 1 heterocycles. The monoisotopic (exact) mass is 263 g/mol. The fourth-order valence-corrected chi connectivity index (χ4v) is 2.03. The van der Waals surface area contributed by atoms with E-state index in [9.17, 15) is 0 Å². The highest BCUT2D eigenvalue weighted by Gasteiger charge is 2.09. The van der Waals surface area contributed by atoms with E-state index in [4.69, 9.17) is 13.9 Å². The Morgan fingerprint density at radius 1 is 1.16 bits per heavy atom. The molecule has 0 bridgehead atoms. The second-order valence-corrected chi connectivity index (χ2v) is 4.23. The van der Waals surface area contributed by atoms with Gasteiger partial charge < -0.3 is 19.2 Å². The number of para-hydroxylation sites is 1. The van der Waals surface area contributed by atoms with Gasteiger partial charge in [-0.3, -0.25) is 0 Å². The SMILES string of the molecule is CCOC(CNCc1coc2ccccc12)OCC. The summed E-state index contributed by atoms with van der Waals surface area (Å²) in [5, 5.41) is 4.49. The first-order valence-corrected chi connectivity index (χ1v) is 6.74. The number of nitrogens with one attached hydrogen (secondary N) is 1. The van der Waals surface area contributed by atoms with E-state index in [0.29, 0.717) is 19.8 Å². The Balaban J connectivity index is 1.88. The van der Waals surface area contributed by atoms with Crippen molar-refractivity contribution in [3.63, 3.8) is 0 Å². The van der Waals surface area contributed by atoms with E-state index in [0.717, 1.165) is 23.1 Å². The normalized spacial score (nSPS) is 11.5. The Morgan fingerprint density at radius 3 is 2.63 bits per heavy atom. The molecule has 0 saturated heterocycles. The summed E-state index contributed by atoms with van der Waals surface area (Å²) in [4.78, 5) is 0. The third-order valence-corrected chi connectivity index (χ3v) is 2.89. The molecule has 0 fully saturated rings. The third-order valence-electron chi connectivity index (χ3n) is 2.89. The molecule has 0 unspecified atom stereocenters. The summed E-state index contributed by atoms with van der Waals surface area (Å²) in [6.07, 6.45) is 1.61. The van der Waals surface area contributed by atoms with Crippen molar-refractivity contribution in [2.75, 3.05) is 19.8 Å². The van der Waals surface area contributed by atoms with Crippen LogP contribution in [0.2, 0.25) is 0 Å². The van der Waals surface area contributed by atoms with E-state index in [-0.39, 0.29) is 6.29 Å². The van der Waals surface area contributed by atoms with Crippen LogP contribution in [0.25, 0.3) is 11.0 Å². The van der Waals surface area contributed by atoms with Gasteiger partial charge in [-0.1, -0.05) is 18.2 Å². The quantitative estimate of drug-likeness (QED) is 0.744. The number of hydrogen-bond donors (Lipinski definition) is 1. The van der Waals surface area contributed by atoms with Gasteiger partial charge in [0.05, 0.1) is 6.26 Å². The minimum absolute atomic E-state index is 0.187. The summed E-state index contributed by atoms with van der Waals surface area (Å²) >= 11 is 0. The van der Waals surface area contributed by atoms with Gasteiger partial charge in [0, 0.05) is 37.3 Å². The fraction of sp³-hybridized carbons (Fsp3) is 0.467. The summed E-state index contributed by atoms with van der Waals surface area (Å²) in [7, 11) is 0. The summed E-state index contributed by atoms with van der Waals surface area (Å²) in [6.45, 7) is 6.65. The lowest BCUT2D eigenvalue weighted by Crippen LogP contribution is -2.31. The molecular weight excluding hydrogens is 242 g/mol. The molecule has 0 radical (unpaired) electrons. The van der Waals surface area contributed by atoms with Crippen molar-refractivity contribution in [3.8, 4) is 0 Å². The lowest BCUT2D eigenvalue weighted by Gasteiger charge is -2.17. The van der Waals surface area contributed by atoms with E-state index in [1.54, 1.807) is 6.26 Å². The summed E-state index contributed by atoms with van der Waals surface area (Å²) < 4.78 is 16.5. The highest BCUT2D eigenvalue weighted by molar-refractivity contribution is 5.80. The minimum atomic E-state index is -0.187. The maximum absolute atomic E-state index is 5.50. The first-order valence-electron chi connectivity index (χ1n) is 6.74. The van der Waals surface area contributed by atoms with Crippen molar-refractivity contribution in [1.82, 2.24) is 5.32 Å². The van der Waals surface area contributed by atoms with Crippen molar-refractivity contribution in [3.05, 3.63) is 36.1 Å². The zero-order valence-electron chi connectivity index (χ0n) is 11.5. The number of ether oxygens (including phenoxy) is 2. The fourth-order valence-electron chi connectivity index (χ4n) is 2.03.